The number of carboxylic acid groups (broad SMARTS) is 1. The van der Waals surface area contributed by atoms with Gasteiger partial charge >= 0.3 is 5.97 Å². The van der Waals surface area contributed by atoms with Crippen LogP contribution in [0.15, 0.2) is 34.9 Å². The maximum Gasteiger partial charge on any atom is 0.303 e. The van der Waals surface area contributed by atoms with Gasteiger partial charge in [-0.2, -0.15) is 0 Å². The van der Waals surface area contributed by atoms with Gasteiger partial charge in [-0.15, -0.1) is 0 Å². The van der Waals surface area contributed by atoms with E-state index in [-0.39, 0.29) is 6.42 Å². The van der Waals surface area contributed by atoms with Gasteiger partial charge in [0, 0.05) is 17.0 Å². The van der Waals surface area contributed by atoms with Crippen LogP contribution in [-0.4, -0.2) is 34.6 Å². The average molecular weight is 309 g/mol. The number of hydrogen-bond donors (Lipinski definition) is 1. The van der Waals surface area contributed by atoms with Crippen molar-refractivity contribution in [3.63, 3.8) is 0 Å². The fourth-order valence-corrected chi connectivity index (χ4v) is 2.16. The van der Waals surface area contributed by atoms with Gasteiger partial charge in [0.15, 0.2) is 5.76 Å². The Hall–Kier alpha value is -1.85. The molecule has 0 bridgehead atoms. The molecular weight excluding hydrogens is 292 g/mol. The molecule has 0 spiro atoms. The fraction of sp³-hybridized carbons (Fsp3) is 0.333. The number of carbonyl (C=O) groups is 1. The topological polar surface area (TPSA) is 66.6 Å². The molecule has 0 amide bonds. The predicted octanol–water partition coefficient (Wildman–Crippen LogP) is 3.29. The number of carboxylic acids is 1. The van der Waals surface area contributed by atoms with Gasteiger partial charge in [-0.3, -0.25) is 9.69 Å². The summed E-state index contributed by atoms with van der Waals surface area (Å²) in [6.07, 6.45) is 2.45. The van der Waals surface area contributed by atoms with Gasteiger partial charge in [-0.1, -0.05) is 23.7 Å². The van der Waals surface area contributed by atoms with Crippen LogP contribution < -0.4 is 0 Å². The summed E-state index contributed by atoms with van der Waals surface area (Å²) in [4.78, 5) is 16.7. The molecule has 2 rings (SSSR count). The van der Waals surface area contributed by atoms with Crippen molar-refractivity contribution in [2.75, 3.05) is 13.6 Å². The number of hydrogen-bond acceptors (Lipinski definition) is 4. The minimum atomic E-state index is -0.775. The molecule has 2 aromatic rings. The first-order valence-corrected chi connectivity index (χ1v) is 7.03. The quantitative estimate of drug-likeness (QED) is 0.850. The van der Waals surface area contributed by atoms with Crippen molar-refractivity contribution < 1.29 is 14.3 Å². The van der Waals surface area contributed by atoms with E-state index in [0.29, 0.717) is 36.2 Å². The van der Waals surface area contributed by atoms with Crippen LogP contribution in [0.1, 0.15) is 18.7 Å². The van der Waals surface area contributed by atoms with E-state index in [2.05, 4.69) is 4.98 Å². The molecule has 0 unspecified atom stereocenters. The molecule has 0 fully saturated rings. The Balaban J connectivity index is 1.92. The number of nitrogens with zero attached hydrogens (tertiary/aromatic N) is 2. The average Bonchev–Trinajstić information content (AvgIpc) is 2.86. The van der Waals surface area contributed by atoms with Crippen molar-refractivity contribution in [2.24, 2.45) is 0 Å². The van der Waals surface area contributed by atoms with Crippen molar-refractivity contribution in [2.45, 2.75) is 19.4 Å². The first-order valence-electron chi connectivity index (χ1n) is 6.65. The largest absolute Gasteiger partial charge is 0.481 e. The van der Waals surface area contributed by atoms with Gasteiger partial charge < -0.3 is 9.52 Å². The van der Waals surface area contributed by atoms with E-state index < -0.39 is 5.97 Å². The van der Waals surface area contributed by atoms with E-state index in [1.54, 1.807) is 12.3 Å². The zero-order chi connectivity index (χ0) is 15.2. The molecule has 0 atom stereocenters. The van der Waals surface area contributed by atoms with E-state index in [0.717, 1.165) is 5.56 Å². The third kappa shape index (κ3) is 4.88. The monoisotopic (exact) mass is 308 g/mol. The standard InChI is InChI=1S/C15H17ClN2O3/c1-18(7-3-6-15(19)20)10-14-17-9-13(21-14)11-4-2-5-12(16)8-11/h2,4-5,8-9H,3,6-7,10H2,1H3,(H,19,20). The lowest BCUT2D eigenvalue weighted by Gasteiger charge is -2.13. The summed E-state index contributed by atoms with van der Waals surface area (Å²) in [6.45, 7) is 1.22. The molecule has 0 radical (unpaired) electrons. The summed E-state index contributed by atoms with van der Waals surface area (Å²) < 4.78 is 5.70. The van der Waals surface area contributed by atoms with Crippen LogP contribution in [0, 0.1) is 0 Å². The highest BCUT2D eigenvalue weighted by atomic mass is 35.5. The predicted molar refractivity (Wildman–Crippen MR) is 80.2 cm³/mol. The van der Waals surface area contributed by atoms with E-state index in [1.807, 2.05) is 30.1 Å². The van der Waals surface area contributed by atoms with Gasteiger partial charge in [0.1, 0.15) is 0 Å². The van der Waals surface area contributed by atoms with Crippen LogP contribution in [0.4, 0.5) is 0 Å². The number of aromatic nitrogens is 1. The summed E-state index contributed by atoms with van der Waals surface area (Å²) in [5.41, 5.74) is 0.884. The van der Waals surface area contributed by atoms with Crippen LogP contribution in [0.25, 0.3) is 11.3 Å². The number of halogens is 1. The second-order valence-electron chi connectivity index (χ2n) is 4.86. The summed E-state index contributed by atoms with van der Waals surface area (Å²) >= 11 is 5.95. The molecule has 0 aliphatic rings. The third-order valence-electron chi connectivity index (χ3n) is 3.00. The van der Waals surface area contributed by atoms with Gasteiger partial charge in [0.2, 0.25) is 5.89 Å². The first-order chi connectivity index (χ1) is 10.0. The summed E-state index contributed by atoms with van der Waals surface area (Å²) in [5, 5.41) is 9.26. The second kappa shape index (κ2) is 7.24. The summed E-state index contributed by atoms with van der Waals surface area (Å²) in [5.74, 6) is 0.497. The molecule has 5 nitrogen and oxygen atoms in total. The molecule has 0 aliphatic carbocycles. The van der Waals surface area contributed by atoms with Crippen LogP contribution in [0.3, 0.4) is 0 Å². The Morgan fingerprint density at radius 3 is 3.00 bits per heavy atom. The molecule has 1 aromatic heterocycles. The highest BCUT2D eigenvalue weighted by Gasteiger charge is 2.09. The van der Waals surface area contributed by atoms with E-state index in [4.69, 9.17) is 21.1 Å². The summed E-state index contributed by atoms with van der Waals surface area (Å²) in [6, 6.07) is 7.39. The van der Waals surface area contributed by atoms with Crippen LogP contribution >= 0.6 is 11.6 Å². The molecule has 0 saturated heterocycles. The highest BCUT2D eigenvalue weighted by molar-refractivity contribution is 6.30. The summed E-state index contributed by atoms with van der Waals surface area (Å²) in [7, 11) is 1.91. The molecule has 112 valence electrons. The number of aliphatic carboxylic acids is 1. The minimum Gasteiger partial charge on any atom is -0.481 e. The van der Waals surface area contributed by atoms with E-state index in [1.165, 1.54) is 0 Å². The number of rotatable bonds is 7. The highest BCUT2D eigenvalue weighted by Crippen LogP contribution is 2.23. The van der Waals surface area contributed by atoms with Crippen molar-refractivity contribution in [3.05, 3.63) is 41.4 Å². The fourth-order valence-electron chi connectivity index (χ4n) is 1.97. The molecule has 0 aliphatic heterocycles. The van der Waals surface area contributed by atoms with Crippen LogP contribution in [0.5, 0.6) is 0 Å². The smallest absolute Gasteiger partial charge is 0.303 e. The molecule has 0 saturated carbocycles. The van der Waals surface area contributed by atoms with Crippen molar-refractivity contribution in [1.82, 2.24) is 9.88 Å². The zero-order valence-corrected chi connectivity index (χ0v) is 12.5. The Kier molecular flexibility index (Phi) is 5.36. The normalized spacial score (nSPS) is 11.0. The van der Waals surface area contributed by atoms with Crippen LogP contribution in [0.2, 0.25) is 5.02 Å². The molecule has 1 N–H and O–H groups in total. The van der Waals surface area contributed by atoms with Crippen molar-refractivity contribution in [3.8, 4) is 11.3 Å². The lowest BCUT2D eigenvalue weighted by Crippen LogP contribution is -2.19. The first kappa shape index (κ1) is 15.5. The van der Waals surface area contributed by atoms with Gasteiger partial charge in [0.25, 0.3) is 0 Å². The van der Waals surface area contributed by atoms with Crippen LogP contribution in [-0.2, 0) is 11.3 Å². The molecule has 21 heavy (non-hydrogen) atoms. The van der Waals surface area contributed by atoms with Crippen molar-refractivity contribution >= 4 is 17.6 Å². The van der Waals surface area contributed by atoms with Gasteiger partial charge in [-0.25, -0.2) is 4.98 Å². The minimum absolute atomic E-state index is 0.170. The van der Waals surface area contributed by atoms with Gasteiger partial charge in [-0.05, 0) is 32.1 Å². The van der Waals surface area contributed by atoms with Gasteiger partial charge in [0.05, 0.1) is 12.7 Å². The Morgan fingerprint density at radius 1 is 1.48 bits per heavy atom. The third-order valence-corrected chi connectivity index (χ3v) is 3.23. The number of benzene rings is 1. The lowest BCUT2D eigenvalue weighted by molar-refractivity contribution is -0.137. The molecule has 1 aromatic carbocycles. The van der Waals surface area contributed by atoms with E-state index in [9.17, 15) is 4.79 Å². The molecule has 6 heteroatoms. The second-order valence-corrected chi connectivity index (χ2v) is 5.30. The number of oxazole rings is 1. The Morgan fingerprint density at radius 2 is 2.29 bits per heavy atom. The lowest BCUT2D eigenvalue weighted by atomic mass is 10.2. The molecule has 1 heterocycles. The maximum absolute atomic E-state index is 10.5. The zero-order valence-electron chi connectivity index (χ0n) is 11.8. The van der Waals surface area contributed by atoms with E-state index >= 15 is 0 Å². The SMILES string of the molecule is CN(CCCC(=O)O)Cc1ncc(-c2cccc(Cl)c2)o1. The maximum atomic E-state index is 10.5. The van der Waals surface area contributed by atoms with Crippen molar-refractivity contribution in [1.29, 1.82) is 0 Å². The Bertz CT molecular complexity index is 612. The molecular formula is C15H17ClN2O3. The Labute approximate surface area is 128 Å².